The number of hydrogen-bond donors (Lipinski definition) is 1. The normalized spacial score (nSPS) is 16.1. The summed E-state index contributed by atoms with van der Waals surface area (Å²) in [5.74, 6) is 1.69. The molecule has 1 N–H and O–H groups in total. The highest BCUT2D eigenvalue weighted by molar-refractivity contribution is 5.61. The van der Waals surface area contributed by atoms with Crippen molar-refractivity contribution in [3.05, 3.63) is 76.5 Å². The number of nitrogens with zero attached hydrogens (tertiary/aromatic N) is 3. The molecule has 138 valence electrons. The molecule has 0 spiro atoms. The van der Waals surface area contributed by atoms with Crippen molar-refractivity contribution in [1.82, 2.24) is 9.97 Å². The van der Waals surface area contributed by atoms with E-state index in [0.717, 1.165) is 35.7 Å². The number of fused-ring (bicyclic) bond motifs is 1. The van der Waals surface area contributed by atoms with Crippen LogP contribution in [0.1, 0.15) is 40.9 Å². The molecule has 1 aromatic heterocycles. The summed E-state index contributed by atoms with van der Waals surface area (Å²) >= 11 is 0. The molecule has 0 aliphatic carbocycles. The molecule has 0 fully saturated rings. The van der Waals surface area contributed by atoms with Gasteiger partial charge in [0.25, 0.3) is 0 Å². The summed E-state index contributed by atoms with van der Waals surface area (Å²) in [6.07, 6.45) is 1.05. The Labute approximate surface area is 161 Å². The molecule has 0 unspecified atom stereocenters. The Morgan fingerprint density at radius 3 is 2.52 bits per heavy atom. The van der Waals surface area contributed by atoms with Crippen LogP contribution in [0.4, 0.5) is 17.5 Å². The van der Waals surface area contributed by atoms with Crippen LogP contribution in [-0.4, -0.2) is 16.5 Å². The Hall–Kier alpha value is -2.88. The zero-order valence-corrected chi connectivity index (χ0v) is 16.5. The van der Waals surface area contributed by atoms with Gasteiger partial charge in [-0.1, -0.05) is 42.5 Å². The summed E-state index contributed by atoms with van der Waals surface area (Å²) < 4.78 is 0. The molecule has 0 amide bonds. The first-order valence-electron chi connectivity index (χ1n) is 9.57. The van der Waals surface area contributed by atoms with Crippen LogP contribution in [0.2, 0.25) is 0 Å². The Balaban J connectivity index is 1.71. The van der Waals surface area contributed by atoms with Gasteiger partial charge in [0.2, 0.25) is 5.95 Å². The van der Waals surface area contributed by atoms with Crippen LogP contribution in [0.15, 0.2) is 48.5 Å². The fourth-order valence-corrected chi connectivity index (χ4v) is 3.84. The highest BCUT2D eigenvalue weighted by Gasteiger charge is 2.26. The van der Waals surface area contributed by atoms with Crippen LogP contribution in [0.5, 0.6) is 0 Å². The maximum Gasteiger partial charge on any atom is 0.229 e. The molecule has 0 saturated carbocycles. The third-order valence-corrected chi connectivity index (χ3v) is 5.62. The van der Waals surface area contributed by atoms with Crippen molar-refractivity contribution in [2.45, 2.75) is 40.2 Å². The van der Waals surface area contributed by atoms with Gasteiger partial charge in [0.1, 0.15) is 5.82 Å². The molecule has 0 bridgehead atoms. The summed E-state index contributed by atoms with van der Waals surface area (Å²) in [4.78, 5) is 12.0. The fourth-order valence-electron chi connectivity index (χ4n) is 3.84. The van der Waals surface area contributed by atoms with Gasteiger partial charge in [-0.2, -0.15) is 4.98 Å². The zero-order chi connectivity index (χ0) is 19.0. The second-order valence-electron chi connectivity index (χ2n) is 7.34. The molecule has 1 aliphatic heterocycles. The first-order valence-corrected chi connectivity index (χ1v) is 9.57. The van der Waals surface area contributed by atoms with E-state index in [1.807, 2.05) is 12.1 Å². The lowest BCUT2D eigenvalue weighted by molar-refractivity contribution is 0.614. The Morgan fingerprint density at radius 1 is 0.963 bits per heavy atom. The van der Waals surface area contributed by atoms with Crippen molar-refractivity contribution >= 4 is 17.5 Å². The highest BCUT2D eigenvalue weighted by Crippen LogP contribution is 2.35. The number of aryl methyl sites for hydroxylation is 2. The molecular weight excluding hydrogens is 332 g/mol. The average molecular weight is 358 g/mol. The van der Waals surface area contributed by atoms with Gasteiger partial charge in [0.15, 0.2) is 0 Å². The summed E-state index contributed by atoms with van der Waals surface area (Å²) in [5.41, 5.74) is 7.24. The molecule has 0 saturated heterocycles. The van der Waals surface area contributed by atoms with E-state index < -0.39 is 0 Å². The van der Waals surface area contributed by atoms with Crippen LogP contribution in [0, 0.1) is 20.8 Å². The summed E-state index contributed by atoms with van der Waals surface area (Å²) in [6.45, 7) is 9.51. The monoisotopic (exact) mass is 358 g/mol. The predicted molar refractivity (Wildman–Crippen MR) is 112 cm³/mol. The van der Waals surface area contributed by atoms with Crippen LogP contribution in [-0.2, 0) is 6.42 Å². The third kappa shape index (κ3) is 3.27. The molecule has 2 heterocycles. The van der Waals surface area contributed by atoms with Crippen LogP contribution >= 0.6 is 0 Å². The second-order valence-corrected chi connectivity index (χ2v) is 7.34. The number of para-hydroxylation sites is 1. The number of benzene rings is 2. The largest absolute Gasteiger partial charge is 0.349 e. The van der Waals surface area contributed by atoms with Gasteiger partial charge in [-0.05, 0) is 56.9 Å². The molecule has 27 heavy (non-hydrogen) atoms. The van der Waals surface area contributed by atoms with Gasteiger partial charge in [-0.15, -0.1) is 0 Å². The van der Waals surface area contributed by atoms with Crippen molar-refractivity contribution in [2.75, 3.05) is 16.8 Å². The summed E-state index contributed by atoms with van der Waals surface area (Å²) in [6, 6.07) is 17.3. The maximum atomic E-state index is 4.92. The van der Waals surface area contributed by atoms with E-state index in [0.29, 0.717) is 12.0 Å². The molecule has 4 nitrogen and oxygen atoms in total. The van der Waals surface area contributed by atoms with Crippen LogP contribution < -0.4 is 10.2 Å². The molecule has 3 aromatic rings. The smallest absolute Gasteiger partial charge is 0.229 e. The quantitative estimate of drug-likeness (QED) is 0.692. The Bertz CT molecular complexity index is 980. The van der Waals surface area contributed by atoms with Gasteiger partial charge in [-0.3, -0.25) is 0 Å². The Kier molecular flexibility index (Phi) is 4.56. The first-order chi connectivity index (χ1) is 13.0. The number of nitrogens with one attached hydrogen (secondary N) is 1. The lowest BCUT2D eigenvalue weighted by atomic mass is 9.93. The minimum Gasteiger partial charge on any atom is -0.349 e. The first kappa shape index (κ1) is 17.5. The second kappa shape index (κ2) is 7.03. The molecule has 4 heteroatoms. The number of aromatic nitrogens is 2. The number of hydrogen-bond acceptors (Lipinski definition) is 4. The van der Waals surface area contributed by atoms with Gasteiger partial charge < -0.3 is 10.2 Å². The van der Waals surface area contributed by atoms with Gasteiger partial charge in [-0.25, -0.2) is 4.98 Å². The minimum absolute atomic E-state index is 0.300. The molecule has 4 rings (SSSR count). The van der Waals surface area contributed by atoms with Crippen molar-refractivity contribution in [1.29, 1.82) is 0 Å². The molecular formula is C23H26N4. The third-order valence-electron chi connectivity index (χ3n) is 5.62. The van der Waals surface area contributed by atoms with E-state index in [9.17, 15) is 0 Å². The lowest BCUT2D eigenvalue weighted by Gasteiger charge is -2.37. The molecule has 1 aliphatic rings. The van der Waals surface area contributed by atoms with E-state index in [1.165, 1.54) is 16.7 Å². The van der Waals surface area contributed by atoms with Gasteiger partial charge >= 0.3 is 0 Å². The molecule has 2 aromatic carbocycles. The van der Waals surface area contributed by atoms with E-state index in [2.05, 4.69) is 79.3 Å². The summed E-state index contributed by atoms with van der Waals surface area (Å²) in [7, 11) is 0. The molecule has 0 radical (unpaired) electrons. The zero-order valence-electron chi connectivity index (χ0n) is 16.5. The van der Waals surface area contributed by atoms with Crippen molar-refractivity contribution in [3.8, 4) is 0 Å². The standard InChI is InChI=1S/C23H26N4/c1-15-9-5-8-12-21(15)25-23-24-17(3)16(2)22(26-23)27-14-13-19-10-6-7-11-20(19)18(27)4/h5-12,18H,13-14H2,1-4H3,(H,24,25,26)/t18-/m0/s1. The SMILES string of the molecule is Cc1ccccc1Nc1nc(C)c(C)c(N2CCc3ccccc3[C@@H]2C)n1. The average Bonchev–Trinajstić information content (AvgIpc) is 2.67. The number of rotatable bonds is 3. The van der Waals surface area contributed by atoms with Gasteiger partial charge in [0.05, 0.1) is 6.04 Å². The van der Waals surface area contributed by atoms with E-state index >= 15 is 0 Å². The van der Waals surface area contributed by atoms with Crippen molar-refractivity contribution in [2.24, 2.45) is 0 Å². The highest BCUT2D eigenvalue weighted by atomic mass is 15.3. The van der Waals surface area contributed by atoms with E-state index in [1.54, 1.807) is 0 Å². The lowest BCUT2D eigenvalue weighted by Crippen LogP contribution is -2.35. The number of anilines is 3. The van der Waals surface area contributed by atoms with Crippen LogP contribution in [0.25, 0.3) is 0 Å². The fraction of sp³-hybridized carbons (Fsp3) is 0.304. The Morgan fingerprint density at radius 2 is 1.70 bits per heavy atom. The van der Waals surface area contributed by atoms with Gasteiger partial charge in [0, 0.05) is 23.5 Å². The van der Waals surface area contributed by atoms with E-state index in [4.69, 9.17) is 4.98 Å². The molecule has 1 atom stereocenters. The predicted octanol–water partition coefficient (Wildman–Crippen LogP) is 5.27. The van der Waals surface area contributed by atoms with Crippen LogP contribution in [0.3, 0.4) is 0 Å². The summed E-state index contributed by atoms with van der Waals surface area (Å²) in [5, 5.41) is 3.40. The minimum atomic E-state index is 0.300. The topological polar surface area (TPSA) is 41.1 Å². The van der Waals surface area contributed by atoms with Crippen molar-refractivity contribution in [3.63, 3.8) is 0 Å². The maximum absolute atomic E-state index is 4.92. The van der Waals surface area contributed by atoms with E-state index in [-0.39, 0.29) is 0 Å². The van der Waals surface area contributed by atoms with Crippen molar-refractivity contribution < 1.29 is 0 Å².